The number of nitrogens with zero attached hydrogens (tertiary/aromatic N) is 1. The van der Waals surface area contributed by atoms with E-state index in [0.717, 1.165) is 12.1 Å². The smallest absolute Gasteiger partial charge is 0.379 e. The first kappa shape index (κ1) is 12.7. The zero-order valence-electron chi connectivity index (χ0n) is 7.53. The predicted octanol–water partition coefficient (Wildman–Crippen LogP) is 2.84. The van der Waals surface area contributed by atoms with Crippen molar-refractivity contribution in [3.8, 4) is 0 Å². The highest BCUT2D eigenvalue weighted by Gasteiger charge is 2.40. The number of nitro benzene ring substituents is 1. The molecule has 0 saturated carbocycles. The predicted molar refractivity (Wildman–Crippen MR) is 49.1 cm³/mol. The molecule has 8 heteroatoms. The van der Waals surface area contributed by atoms with Crippen LogP contribution in [-0.2, 0) is 0 Å². The van der Waals surface area contributed by atoms with Gasteiger partial charge in [-0.1, -0.05) is 11.6 Å². The van der Waals surface area contributed by atoms with Gasteiger partial charge in [-0.25, -0.2) is 0 Å². The molecule has 1 N–H and O–H groups in total. The second-order valence-corrected chi connectivity index (χ2v) is 3.38. The van der Waals surface area contributed by atoms with Gasteiger partial charge in [-0.15, -0.1) is 0 Å². The summed E-state index contributed by atoms with van der Waals surface area (Å²) in [7, 11) is 0. The molecule has 0 spiro atoms. The van der Waals surface area contributed by atoms with Crippen LogP contribution in [0.4, 0.5) is 18.9 Å². The third kappa shape index (κ3) is 2.83. The third-order valence-electron chi connectivity index (χ3n) is 1.74. The minimum absolute atomic E-state index is 0.243. The van der Waals surface area contributed by atoms with Gasteiger partial charge in [0, 0.05) is 17.2 Å². The molecule has 1 aromatic carbocycles. The molecule has 0 amide bonds. The van der Waals surface area contributed by atoms with Crippen LogP contribution in [-0.4, -0.2) is 16.2 Å². The molecule has 0 aliphatic heterocycles. The monoisotopic (exact) mass is 255 g/mol. The van der Waals surface area contributed by atoms with E-state index in [9.17, 15) is 23.3 Å². The topological polar surface area (TPSA) is 63.4 Å². The third-order valence-corrected chi connectivity index (χ3v) is 1.96. The average Bonchev–Trinajstić information content (AvgIpc) is 2.14. The molecule has 4 nitrogen and oxygen atoms in total. The molecule has 0 fully saturated rings. The molecule has 1 rings (SSSR count). The first-order valence-electron chi connectivity index (χ1n) is 3.91. The number of non-ortho nitro benzene ring substituents is 1. The zero-order chi connectivity index (χ0) is 12.5. The number of benzene rings is 1. The van der Waals surface area contributed by atoms with E-state index in [-0.39, 0.29) is 5.02 Å². The van der Waals surface area contributed by atoms with Gasteiger partial charge in [-0.3, -0.25) is 10.1 Å². The van der Waals surface area contributed by atoms with E-state index in [1.807, 2.05) is 0 Å². The van der Waals surface area contributed by atoms with Gasteiger partial charge in [-0.05, 0) is 11.6 Å². The van der Waals surface area contributed by atoms with Gasteiger partial charge in [0.05, 0.1) is 4.92 Å². The fourth-order valence-electron chi connectivity index (χ4n) is 1.05. The van der Waals surface area contributed by atoms with Gasteiger partial charge in [0.25, 0.3) is 5.69 Å². The summed E-state index contributed by atoms with van der Waals surface area (Å²) in [6, 6.07) is 2.35. The van der Waals surface area contributed by atoms with Crippen LogP contribution < -0.4 is 0 Å². The molecule has 0 bridgehead atoms. The molecule has 88 valence electrons. The van der Waals surface area contributed by atoms with Crippen molar-refractivity contribution in [3.63, 3.8) is 0 Å². The highest BCUT2D eigenvalue weighted by Crippen LogP contribution is 2.35. The molecule has 0 aromatic heterocycles. The molecule has 0 heterocycles. The normalized spacial score (nSPS) is 13.6. The maximum absolute atomic E-state index is 12.1. The molecule has 0 radical (unpaired) electrons. The summed E-state index contributed by atoms with van der Waals surface area (Å²) in [4.78, 5) is 9.47. The van der Waals surface area contributed by atoms with Crippen molar-refractivity contribution in [2.24, 2.45) is 0 Å². The van der Waals surface area contributed by atoms with Crippen LogP contribution in [0.3, 0.4) is 0 Å². The number of nitro groups is 1. The Balaban J connectivity index is 3.20. The van der Waals surface area contributed by atoms with E-state index in [2.05, 4.69) is 0 Å². The van der Waals surface area contributed by atoms with Crippen LogP contribution >= 0.6 is 11.6 Å². The molecule has 0 aliphatic carbocycles. The summed E-state index contributed by atoms with van der Waals surface area (Å²) in [5.41, 5.74) is -1.27. The Morgan fingerprint density at radius 3 is 2.38 bits per heavy atom. The number of aliphatic hydroxyl groups is 1. The second kappa shape index (κ2) is 4.26. The first-order chi connectivity index (χ1) is 7.21. The Morgan fingerprint density at radius 1 is 1.38 bits per heavy atom. The Hall–Kier alpha value is -1.34. The fraction of sp³-hybridized carbons (Fsp3) is 0.250. The fourth-order valence-corrected chi connectivity index (χ4v) is 1.29. The van der Waals surface area contributed by atoms with Gasteiger partial charge in [0.1, 0.15) is 0 Å². The van der Waals surface area contributed by atoms with Gasteiger partial charge < -0.3 is 5.11 Å². The van der Waals surface area contributed by atoms with E-state index in [0.29, 0.717) is 6.07 Å². The minimum Gasteiger partial charge on any atom is -0.379 e. The van der Waals surface area contributed by atoms with Crippen molar-refractivity contribution in [1.82, 2.24) is 0 Å². The molecule has 0 aliphatic rings. The zero-order valence-corrected chi connectivity index (χ0v) is 8.29. The summed E-state index contributed by atoms with van der Waals surface area (Å²) in [5.74, 6) is 0. The summed E-state index contributed by atoms with van der Waals surface area (Å²) in [5, 5.41) is 19.0. The van der Waals surface area contributed by atoms with E-state index in [1.54, 1.807) is 0 Å². The largest absolute Gasteiger partial charge is 0.418 e. The van der Waals surface area contributed by atoms with Crippen molar-refractivity contribution in [2.45, 2.75) is 12.3 Å². The van der Waals surface area contributed by atoms with Crippen LogP contribution in [0, 0.1) is 10.1 Å². The molecule has 1 atom stereocenters. The Morgan fingerprint density at radius 2 is 1.94 bits per heavy atom. The summed E-state index contributed by atoms with van der Waals surface area (Å²) in [6.45, 7) is 0. The van der Waals surface area contributed by atoms with Crippen molar-refractivity contribution in [1.29, 1.82) is 0 Å². The molecule has 0 saturated heterocycles. The molecule has 1 aromatic rings. The number of hydrogen-bond acceptors (Lipinski definition) is 3. The van der Waals surface area contributed by atoms with Crippen molar-refractivity contribution >= 4 is 17.3 Å². The van der Waals surface area contributed by atoms with Crippen LogP contribution in [0.15, 0.2) is 18.2 Å². The highest BCUT2D eigenvalue weighted by atomic mass is 35.5. The van der Waals surface area contributed by atoms with Crippen LogP contribution in [0.2, 0.25) is 5.02 Å². The van der Waals surface area contributed by atoms with Gasteiger partial charge in [0.2, 0.25) is 0 Å². The quantitative estimate of drug-likeness (QED) is 0.653. The summed E-state index contributed by atoms with van der Waals surface area (Å²) in [6.07, 6.45) is -7.68. The molecule has 16 heavy (non-hydrogen) atoms. The average molecular weight is 256 g/mol. The van der Waals surface area contributed by atoms with Gasteiger partial charge >= 0.3 is 6.18 Å². The number of alkyl halides is 3. The number of hydrogen-bond donors (Lipinski definition) is 1. The second-order valence-electron chi connectivity index (χ2n) is 2.94. The van der Waals surface area contributed by atoms with Gasteiger partial charge in [0.15, 0.2) is 6.10 Å². The maximum Gasteiger partial charge on any atom is 0.418 e. The Bertz CT molecular complexity index is 421. The molecular weight excluding hydrogens is 251 g/mol. The molecular formula is C8H5ClF3NO3. The van der Waals surface area contributed by atoms with Crippen LogP contribution in [0.1, 0.15) is 11.7 Å². The lowest BCUT2D eigenvalue weighted by molar-refractivity contribution is -0.385. The van der Waals surface area contributed by atoms with Gasteiger partial charge in [-0.2, -0.15) is 13.2 Å². The maximum atomic E-state index is 12.1. The van der Waals surface area contributed by atoms with Crippen LogP contribution in [0.5, 0.6) is 0 Å². The number of rotatable bonds is 2. The first-order valence-corrected chi connectivity index (χ1v) is 4.29. The summed E-state index contributed by atoms with van der Waals surface area (Å²) >= 11 is 5.41. The number of aliphatic hydroxyl groups excluding tert-OH is 1. The SMILES string of the molecule is O=[N+]([O-])c1cc(Cl)cc(C(O)C(F)(F)F)c1. The molecule has 1 unspecified atom stereocenters. The minimum atomic E-state index is -4.89. The van der Waals surface area contributed by atoms with E-state index >= 15 is 0 Å². The van der Waals surface area contributed by atoms with E-state index in [4.69, 9.17) is 16.7 Å². The van der Waals surface area contributed by atoms with E-state index in [1.165, 1.54) is 0 Å². The standard InChI is InChI=1S/C8H5ClF3NO3/c9-5-1-4(7(14)8(10,11)12)2-6(3-5)13(15)16/h1-3,7,14H. The highest BCUT2D eigenvalue weighted by molar-refractivity contribution is 6.30. The summed E-state index contributed by atoms with van der Waals surface area (Å²) < 4.78 is 36.4. The lowest BCUT2D eigenvalue weighted by Crippen LogP contribution is -2.20. The van der Waals surface area contributed by atoms with E-state index < -0.39 is 28.5 Å². The van der Waals surface area contributed by atoms with Crippen molar-refractivity contribution in [3.05, 3.63) is 38.9 Å². The van der Waals surface area contributed by atoms with Crippen LogP contribution in [0.25, 0.3) is 0 Å². The Kier molecular flexibility index (Phi) is 3.39. The Labute approximate surface area is 92.4 Å². The lowest BCUT2D eigenvalue weighted by atomic mass is 10.1. The lowest BCUT2D eigenvalue weighted by Gasteiger charge is -2.14. The number of halogens is 4. The van der Waals surface area contributed by atoms with Crippen molar-refractivity contribution in [2.75, 3.05) is 0 Å². The van der Waals surface area contributed by atoms with Crippen molar-refractivity contribution < 1.29 is 23.2 Å².